The SMILES string of the molecule is Cc1n[nH]c(C)c1C1COCCN1C(=O)Cn1ncc2ccccc21. The van der Waals surface area contributed by atoms with Crippen LogP contribution in [-0.2, 0) is 16.1 Å². The van der Waals surface area contributed by atoms with Crippen LogP contribution in [0.25, 0.3) is 10.9 Å². The summed E-state index contributed by atoms with van der Waals surface area (Å²) in [5.74, 6) is 0.0437. The second kappa shape index (κ2) is 6.33. The molecule has 1 unspecified atom stereocenters. The molecule has 3 aromatic rings. The number of nitrogens with one attached hydrogen (secondary N) is 1. The van der Waals surface area contributed by atoms with Crippen LogP contribution in [0.4, 0.5) is 0 Å². The van der Waals surface area contributed by atoms with Crippen LogP contribution in [0.1, 0.15) is 23.0 Å². The second-order valence-corrected chi connectivity index (χ2v) is 6.39. The quantitative estimate of drug-likeness (QED) is 0.792. The lowest BCUT2D eigenvalue weighted by molar-refractivity contribution is -0.141. The number of aromatic nitrogens is 4. The summed E-state index contributed by atoms with van der Waals surface area (Å²) >= 11 is 0. The maximum atomic E-state index is 13.0. The highest BCUT2D eigenvalue weighted by atomic mass is 16.5. The Kier molecular flexibility index (Phi) is 4.01. The van der Waals surface area contributed by atoms with Gasteiger partial charge in [-0.3, -0.25) is 14.6 Å². The van der Waals surface area contributed by atoms with Crippen molar-refractivity contribution in [2.45, 2.75) is 26.4 Å². The van der Waals surface area contributed by atoms with Gasteiger partial charge in [0.05, 0.1) is 36.7 Å². The number of aryl methyl sites for hydroxylation is 2. The number of hydrogen-bond acceptors (Lipinski definition) is 4. The van der Waals surface area contributed by atoms with Crippen molar-refractivity contribution >= 4 is 16.8 Å². The molecule has 0 spiro atoms. The number of benzene rings is 1. The van der Waals surface area contributed by atoms with Gasteiger partial charge in [0, 0.05) is 23.2 Å². The molecular formula is C18H21N5O2. The third-order valence-corrected chi connectivity index (χ3v) is 4.80. The number of ether oxygens (including phenoxy) is 1. The number of fused-ring (bicyclic) bond motifs is 1. The van der Waals surface area contributed by atoms with Crippen LogP contribution in [-0.4, -0.2) is 50.5 Å². The minimum atomic E-state index is -0.109. The highest BCUT2D eigenvalue weighted by molar-refractivity contribution is 5.82. The van der Waals surface area contributed by atoms with Crippen molar-refractivity contribution in [2.24, 2.45) is 0 Å². The Hall–Kier alpha value is -2.67. The summed E-state index contributed by atoms with van der Waals surface area (Å²) in [6.45, 7) is 5.78. The minimum Gasteiger partial charge on any atom is -0.377 e. The average molecular weight is 339 g/mol. The molecule has 4 rings (SSSR count). The fourth-order valence-electron chi connectivity index (χ4n) is 3.56. The summed E-state index contributed by atoms with van der Waals surface area (Å²) < 4.78 is 7.41. The van der Waals surface area contributed by atoms with Gasteiger partial charge in [-0.2, -0.15) is 10.2 Å². The number of aromatic amines is 1. The van der Waals surface area contributed by atoms with E-state index in [4.69, 9.17) is 4.74 Å². The van der Waals surface area contributed by atoms with E-state index in [9.17, 15) is 4.79 Å². The van der Waals surface area contributed by atoms with Gasteiger partial charge in [-0.25, -0.2) is 0 Å². The summed E-state index contributed by atoms with van der Waals surface area (Å²) in [5, 5.41) is 12.7. The summed E-state index contributed by atoms with van der Waals surface area (Å²) in [5.41, 5.74) is 3.92. The third-order valence-electron chi connectivity index (χ3n) is 4.80. The fourth-order valence-corrected chi connectivity index (χ4v) is 3.56. The molecule has 0 aliphatic carbocycles. The predicted molar refractivity (Wildman–Crippen MR) is 93.1 cm³/mol. The van der Waals surface area contributed by atoms with Gasteiger partial charge in [0.2, 0.25) is 5.91 Å². The monoisotopic (exact) mass is 339 g/mol. The zero-order valence-corrected chi connectivity index (χ0v) is 14.4. The predicted octanol–water partition coefficient (Wildman–Crippen LogP) is 1.98. The number of nitrogens with zero attached hydrogens (tertiary/aromatic N) is 4. The van der Waals surface area contributed by atoms with E-state index in [-0.39, 0.29) is 18.5 Å². The number of carbonyl (C=O) groups excluding carboxylic acids is 1. The Morgan fingerprint density at radius 2 is 2.20 bits per heavy atom. The largest absolute Gasteiger partial charge is 0.377 e. The van der Waals surface area contributed by atoms with Crippen molar-refractivity contribution in [3.05, 3.63) is 47.4 Å². The fraction of sp³-hybridized carbons (Fsp3) is 0.389. The highest BCUT2D eigenvalue weighted by Gasteiger charge is 2.32. The molecule has 1 aliphatic heterocycles. The molecule has 0 radical (unpaired) electrons. The third kappa shape index (κ3) is 2.80. The molecule has 0 saturated carbocycles. The van der Waals surface area contributed by atoms with Crippen LogP contribution in [0.5, 0.6) is 0 Å². The summed E-state index contributed by atoms with van der Waals surface area (Å²) in [7, 11) is 0. The van der Waals surface area contributed by atoms with Crippen molar-refractivity contribution in [1.82, 2.24) is 24.9 Å². The van der Waals surface area contributed by atoms with Crippen molar-refractivity contribution < 1.29 is 9.53 Å². The normalized spacial score (nSPS) is 18.0. The van der Waals surface area contributed by atoms with Crippen LogP contribution in [0, 0.1) is 13.8 Å². The average Bonchev–Trinajstić information content (AvgIpc) is 3.18. The molecule has 7 nitrogen and oxygen atoms in total. The first kappa shape index (κ1) is 15.8. The van der Waals surface area contributed by atoms with Crippen LogP contribution >= 0.6 is 0 Å². The number of rotatable bonds is 3. The van der Waals surface area contributed by atoms with Crippen molar-refractivity contribution in [3.8, 4) is 0 Å². The topological polar surface area (TPSA) is 76.0 Å². The number of hydrogen-bond donors (Lipinski definition) is 1. The summed E-state index contributed by atoms with van der Waals surface area (Å²) in [6, 6.07) is 7.80. The molecule has 25 heavy (non-hydrogen) atoms. The van der Waals surface area contributed by atoms with E-state index in [2.05, 4.69) is 15.3 Å². The smallest absolute Gasteiger partial charge is 0.245 e. The maximum absolute atomic E-state index is 13.0. The Balaban J connectivity index is 1.61. The Morgan fingerprint density at radius 3 is 3.00 bits per heavy atom. The van der Waals surface area contributed by atoms with Gasteiger partial charge in [-0.1, -0.05) is 18.2 Å². The molecule has 3 heterocycles. The van der Waals surface area contributed by atoms with Gasteiger partial charge in [0.15, 0.2) is 0 Å². The molecule has 1 fully saturated rings. The first-order valence-corrected chi connectivity index (χ1v) is 8.44. The first-order chi connectivity index (χ1) is 12.1. The molecule has 1 aromatic carbocycles. The van der Waals surface area contributed by atoms with E-state index in [0.29, 0.717) is 19.8 Å². The molecule has 1 N–H and O–H groups in total. The molecule has 1 atom stereocenters. The number of amides is 1. The highest BCUT2D eigenvalue weighted by Crippen LogP contribution is 2.28. The first-order valence-electron chi connectivity index (χ1n) is 8.44. The van der Waals surface area contributed by atoms with Crippen molar-refractivity contribution in [1.29, 1.82) is 0 Å². The van der Waals surface area contributed by atoms with Crippen LogP contribution in [0.3, 0.4) is 0 Å². The molecule has 130 valence electrons. The lowest BCUT2D eigenvalue weighted by Crippen LogP contribution is -2.45. The van der Waals surface area contributed by atoms with Gasteiger partial charge >= 0.3 is 0 Å². The Morgan fingerprint density at radius 1 is 1.36 bits per heavy atom. The Labute approximate surface area is 145 Å². The van der Waals surface area contributed by atoms with E-state index < -0.39 is 0 Å². The van der Waals surface area contributed by atoms with Gasteiger partial charge in [-0.15, -0.1) is 0 Å². The maximum Gasteiger partial charge on any atom is 0.245 e. The number of H-pyrrole nitrogens is 1. The van der Waals surface area contributed by atoms with E-state index >= 15 is 0 Å². The van der Waals surface area contributed by atoms with E-state index in [1.54, 1.807) is 10.9 Å². The van der Waals surface area contributed by atoms with Gasteiger partial charge in [0.25, 0.3) is 0 Å². The van der Waals surface area contributed by atoms with Gasteiger partial charge < -0.3 is 9.64 Å². The lowest BCUT2D eigenvalue weighted by atomic mass is 10.0. The summed E-state index contributed by atoms with van der Waals surface area (Å²) in [4.78, 5) is 14.9. The van der Waals surface area contributed by atoms with E-state index in [1.807, 2.05) is 43.0 Å². The molecular weight excluding hydrogens is 318 g/mol. The zero-order valence-electron chi connectivity index (χ0n) is 14.4. The van der Waals surface area contributed by atoms with Crippen molar-refractivity contribution in [3.63, 3.8) is 0 Å². The number of carbonyl (C=O) groups is 1. The molecule has 1 amide bonds. The van der Waals surface area contributed by atoms with E-state index in [1.165, 1.54) is 0 Å². The second-order valence-electron chi connectivity index (χ2n) is 6.39. The Bertz CT molecular complexity index is 894. The van der Waals surface area contributed by atoms with Crippen LogP contribution in [0.15, 0.2) is 30.5 Å². The number of morpholine rings is 1. The standard InChI is InChI=1S/C18H21N5O2/c1-12-18(13(2)21-20-12)16-11-25-8-7-22(16)17(24)10-23-15-6-4-3-5-14(15)9-19-23/h3-6,9,16H,7-8,10-11H2,1-2H3,(H,20,21). The molecule has 0 bridgehead atoms. The van der Waals surface area contributed by atoms with Crippen LogP contribution in [0.2, 0.25) is 0 Å². The zero-order chi connectivity index (χ0) is 17.4. The van der Waals surface area contributed by atoms with Gasteiger partial charge in [0.1, 0.15) is 6.54 Å². The lowest BCUT2D eigenvalue weighted by Gasteiger charge is -2.36. The molecule has 7 heteroatoms. The van der Waals surface area contributed by atoms with Crippen molar-refractivity contribution in [2.75, 3.05) is 19.8 Å². The molecule has 2 aromatic heterocycles. The number of para-hydroxylation sites is 1. The molecule has 1 aliphatic rings. The van der Waals surface area contributed by atoms with Crippen LogP contribution < -0.4 is 0 Å². The van der Waals surface area contributed by atoms with E-state index in [0.717, 1.165) is 27.9 Å². The molecule has 1 saturated heterocycles. The minimum absolute atomic E-state index is 0.0437. The van der Waals surface area contributed by atoms with Gasteiger partial charge in [-0.05, 0) is 19.9 Å². The summed E-state index contributed by atoms with van der Waals surface area (Å²) in [6.07, 6.45) is 1.80.